The molecule has 0 amide bonds. The second kappa shape index (κ2) is 17.5. The van der Waals surface area contributed by atoms with E-state index in [2.05, 4.69) is 284 Å². The predicted molar refractivity (Wildman–Crippen MR) is 298 cm³/mol. The number of benzene rings is 11. The summed E-state index contributed by atoms with van der Waals surface area (Å²) >= 11 is 0. The highest BCUT2D eigenvalue weighted by molar-refractivity contribution is 7.27. The molecule has 0 saturated heterocycles. The normalized spacial score (nSPS) is 13.0. The van der Waals surface area contributed by atoms with Gasteiger partial charge in [0.05, 0.1) is 0 Å². The summed E-state index contributed by atoms with van der Waals surface area (Å²) < 4.78 is 6.77. The maximum atomic E-state index is 6.77. The molecule has 0 saturated carbocycles. The first-order valence-corrected chi connectivity index (χ1v) is 27.6. The Morgan fingerprint density at radius 3 is 1.29 bits per heavy atom. The Balaban J connectivity index is 0.873. The highest BCUT2D eigenvalue weighted by atomic mass is 28.3. The zero-order valence-electron chi connectivity index (χ0n) is 38.4. The van der Waals surface area contributed by atoms with Crippen LogP contribution in [0.1, 0.15) is 0 Å². The highest BCUT2D eigenvalue weighted by Crippen LogP contribution is 2.38. The van der Waals surface area contributed by atoms with Crippen molar-refractivity contribution in [3.63, 3.8) is 0 Å². The average molecular weight is 925 g/mol. The van der Waals surface area contributed by atoms with Crippen molar-refractivity contribution in [2.75, 3.05) is 4.90 Å². The predicted octanol–water partition coefficient (Wildman–Crippen LogP) is 12.1. The lowest BCUT2D eigenvalue weighted by atomic mass is 9.99. The maximum Gasteiger partial charge on any atom is 0.188 e. The third-order valence-electron chi connectivity index (χ3n) is 14.3. The number of rotatable bonds is 8. The van der Waals surface area contributed by atoms with E-state index < -0.39 is 16.9 Å². The highest BCUT2D eigenvalue weighted by Gasteiger charge is 2.53. The van der Waals surface area contributed by atoms with E-state index in [9.17, 15) is 0 Å². The van der Waals surface area contributed by atoms with Gasteiger partial charge in [0.1, 0.15) is 11.5 Å². The van der Waals surface area contributed by atoms with Crippen molar-refractivity contribution in [2.24, 2.45) is 0 Å². The molecule has 1 radical (unpaired) electrons. The van der Waals surface area contributed by atoms with E-state index in [4.69, 9.17) is 4.74 Å². The van der Waals surface area contributed by atoms with Gasteiger partial charge >= 0.3 is 0 Å². The zero-order valence-corrected chi connectivity index (χ0v) is 40.4. The van der Waals surface area contributed by atoms with Gasteiger partial charge < -0.3 is 9.64 Å². The lowest BCUT2D eigenvalue weighted by Crippen LogP contribution is -2.87. The summed E-state index contributed by atoms with van der Waals surface area (Å²) in [4.78, 5) is 2.35. The molecule has 0 N–H and O–H groups in total. The number of hydrogen-bond acceptors (Lipinski definition) is 2. The van der Waals surface area contributed by atoms with Crippen LogP contribution in [0.2, 0.25) is 0 Å². The summed E-state index contributed by atoms with van der Waals surface area (Å²) in [6.45, 7) is 0. The average Bonchev–Trinajstić information content (AvgIpc) is 3.44. The lowest BCUT2D eigenvalue weighted by Gasteiger charge is -2.45. The van der Waals surface area contributed by atoms with Gasteiger partial charge in [-0.1, -0.05) is 246 Å². The zero-order chi connectivity index (χ0) is 46.4. The Bertz CT molecular complexity index is 3620. The summed E-state index contributed by atoms with van der Waals surface area (Å²) in [5, 5.41) is 9.95. The van der Waals surface area contributed by atoms with Gasteiger partial charge in [-0.3, -0.25) is 0 Å². The molecule has 70 heavy (non-hydrogen) atoms. The number of hydrogen-bond donors (Lipinski definition) is 0. The number of ether oxygens (including phenoxy) is 1. The van der Waals surface area contributed by atoms with Crippen LogP contribution in [-0.4, -0.2) is 16.9 Å². The van der Waals surface area contributed by atoms with E-state index in [0.717, 1.165) is 28.6 Å². The molecule has 0 bridgehead atoms. The van der Waals surface area contributed by atoms with Crippen molar-refractivity contribution < 1.29 is 4.74 Å². The van der Waals surface area contributed by atoms with Gasteiger partial charge in [0.25, 0.3) is 0 Å². The standard InChI is InChI=1S/C66H46NOSi2/c1-4-17-47(18-5-1)48-31-33-49(34-32-48)50-39-42-56(43-40-50)67(55-20-6-2-7-21-55)57-22-16-19-53(45-57)51-35-37-52(38-36-51)54-41-44-62-66(46-54)70(63-28-13-10-25-59(63)68-60-26-11-14-29-64(60)70)65-30-15-12-27-61(65)69(62)58-23-8-3-9-24-58/h1-46H. The first-order valence-electron chi connectivity index (χ1n) is 24.1. The third kappa shape index (κ3) is 7.07. The topological polar surface area (TPSA) is 12.5 Å². The van der Waals surface area contributed by atoms with Gasteiger partial charge in [0.2, 0.25) is 0 Å². The van der Waals surface area contributed by atoms with Crippen molar-refractivity contribution in [1.82, 2.24) is 0 Å². The quantitative estimate of drug-likeness (QED) is 0.141. The van der Waals surface area contributed by atoms with Crippen LogP contribution in [-0.2, 0) is 0 Å². The van der Waals surface area contributed by atoms with Crippen molar-refractivity contribution in [3.8, 4) is 56.0 Å². The summed E-state index contributed by atoms with van der Waals surface area (Å²) in [5.74, 6) is 1.93. The molecule has 0 aliphatic carbocycles. The van der Waals surface area contributed by atoms with Crippen molar-refractivity contribution >= 4 is 70.2 Å². The molecule has 0 fully saturated rings. The van der Waals surface area contributed by atoms with Crippen molar-refractivity contribution in [1.29, 1.82) is 0 Å². The molecule has 2 nitrogen and oxygen atoms in total. The van der Waals surface area contributed by atoms with E-state index >= 15 is 0 Å². The van der Waals surface area contributed by atoms with E-state index in [0.29, 0.717) is 0 Å². The number of fused-ring (bicyclic) bond motifs is 8. The minimum absolute atomic E-state index is 0.967. The molecule has 329 valence electrons. The molecular formula is C66H46NOSi2. The number of nitrogens with zero attached hydrogens (tertiary/aromatic N) is 1. The lowest BCUT2D eigenvalue weighted by molar-refractivity contribution is 0.487. The van der Waals surface area contributed by atoms with Gasteiger partial charge in [0.15, 0.2) is 16.9 Å². The van der Waals surface area contributed by atoms with Gasteiger partial charge in [0, 0.05) is 17.1 Å². The molecule has 2 aliphatic rings. The fourth-order valence-corrected chi connectivity index (χ4v) is 20.7. The molecule has 11 aromatic carbocycles. The van der Waals surface area contributed by atoms with Crippen LogP contribution in [0.25, 0.3) is 44.5 Å². The largest absolute Gasteiger partial charge is 0.458 e. The first kappa shape index (κ1) is 41.6. The van der Waals surface area contributed by atoms with Crippen LogP contribution < -0.4 is 45.9 Å². The summed E-state index contributed by atoms with van der Waals surface area (Å²) in [5.41, 5.74) is 12.9. The van der Waals surface area contributed by atoms with Crippen LogP contribution >= 0.6 is 0 Å². The van der Waals surface area contributed by atoms with Gasteiger partial charge in [-0.2, -0.15) is 0 Å². The smallest absolute Gasteiger partial charge is 0.188 e. The molecule has 4 heteroatoms. The first-order chi connectivity index (χ1) is 34.7. The molecule has 2 heterocycles. The van der Waals surface area contributed by atoms with Crippen molar-refractivity contribution in [3.05, 3.63) is 279 Å². The summed E-state index contributed by atoms with van der Waals surface area (Å²) in [7, 11) is -4.21. The minimum atomic E-state index is -2.87. The fourth-order valence-electron chi connectivity index (χ4n) is 11.1. The van der Waals surface area contributed by atoms with Gasteiger partial charge in [-0.15, -0.1) is 0 Å². The molecular weight excluding hydrogens is 879 g/mol. The van der Waals surface area contributed by atoms with Crippen LogP contribution in [0.3, 0.4) is 0 Å². The van der Waals surface area contributed by atoms with E-state index in [-0.39, 0.29) is 0 Å². The molecule has 13 rings (SSSR count). The monoisotopic (exact) mass is 924 g/mol. The second-order valence-corrected chi connectivity index (χ2v) is 24.2. The number of anilines is 3. The molecule has 2 aliphatic heterocycles. The fraction of sp³-hybridized carbons (Fsp3) is 0. The Morgan fingerprint density at radius 1 is 0.271 bits per heavy atom. The Labute approximate surface area is 412 Å². The van der Waals surface area contributed by atoms with Crippen LogP contribution in [0, 0.1) is 0 Å². The van der Waals surface area contributed by atoms with Gasteiger partial charge in [-0.25, -0.2) is 0 Å². The number of para-hydroxylation sites is 3. The second-order valence-electron chi connectivity index (χ2n) is 18.2. The van der Waals surface area contributed by atoms with E-state index in [1.54, 1.807) is 0 Å². The Kier molecular flexibility index (Phi) is 10.4. The van der Waals surface area contributed by atoms with Crippen LogP contribution in [0.4, 0.5) is 17.1 Å². The van der Waals surface area contributed by atoms with Gasteiger partial charge in [-0.05, 0) is 114 Å². The van der Waals surface area contributed by atoms with Crippen LogP contribution in [0.5, 0.6) is 11.5 Å². The molecule has 0 atom stereocenters. The SMILES string of the molecule is c1ccc(-c2ccc(-c3ccc(N(c4ccccc4)c4cccc(-c5ccc(-c6ccc7c(c6)[Si]6(c8ccccc8Oc8ccccc86)c6ccccc6[Si]7c6ccccc6)cc5)c4)cc3)cc2)cc1. The van der Waals surface area contributed by atoms with Crippen LogP contribution in [0.15, 0.2) is 279 Å². The third-order valence-corrected chi connectivity index (χ3v) is 22.5. The summed E-state index contributed by atoms with van der Waals surface area (Å²) in [6, 6.07) is 103. The van der Waals surface area contributed by atoms with E-state index in [1.165, 1.54) is 80.8 Å². The maximum absolute atomic E-state index is 6.77. The molecule has 0 unspecified atom stereocenters. The minimum Gasteiger partial charge on any atom is -0.458 e. The molecule has 11 aromatic rings. The van der Waals surface area contributed by atoms with E-state index in [1.807, 2.05) is 0 Å². The van der Waals surface area contributed by atoms with Crippen molar-refractivity contribution in [2.45, 2.75) is 0 Å². The molecule has 0 aromatic heterocycles. The molecule has 1 spiro atoms. The Hall–Kier alpha value is -8.55. The Morgan fingerprint density at radius 2 is 0.671 bits per heavy atom. The summed E-state index contributed by atoms with van der Waals surface area (Å²) in [6.07, 6.45) is 0.